The van der Waals surface area contributed by atoms with E-state index in [1.807, 2.05) is 6.07 Å². The number of nitrogens with two attached hydrogens (primary N) is 1. The van der Waals surface area contributed by atoms with E-state index in [0.717, 1.165) is 5.56 Å². The molecule has 4 nitrogen and oxygen atoms in total. The molecule has 0 saturated carbocycles. The molecular formula is C10H10Cl2N4. The van der Waals surface area contributed by atoms with Crippen LogP contribution in [0.5, 0.6) is 0 Å². The van der Waals surface area contributed by atoms with E-state index in [2.05, 4.69) is 10.1 Å². The van der Waals surface area contributed by atoms with Crippen LogP contribution in [0.4, 0.5) is 0 Å². The average molecular weight is 257 g/mol. The van der Waals surface area contributed by atoms with E-state index in [1.165, 1.54) is 6.33 Å². The fraction of sp³-hybridized carbons (Fsp3) is 0.200. The predicted molar refractivity (Wildman–Crippen MR) is 63.4 cm³/mol. The molecule has 1 aromatic carbocycles. The Hall–Kier alpha value is -1.10. The maximum atomic E-state index is 6.05. The van der Waals surface area contributed by atoms with Gasteiger partial charge in [-0.3, -0.25) is 4.68 Å². The second kappa shape index (κ2) is 4.82. The lowest BCUT2D eigenvalue weighted by atomic mass is 10.1. The summed E-state index contributed by atoms with van der Waals surface area (Å²) >= 11 is 11.9. The summed E-state index contributed by atoms with van der Waals surface area (Å²) in [7, 11) is 0. The Kier molecular flexibility index (Phi) is 3.43. The van der Waals surface area contributed by atoms with Crippen molar-refractivity contribution in [3.63, 3.8) is 0 Å². The van der Waals surface area contributed by atoms with Crippen molar-refractivity contribution in [1.29, 1.82) is 0 Å². The summed E-state index contributed by atoms with van der Waals surface area (Å²) in [5, 5.41) is 5.15. The first-order valence-corrected chi connectivity index (χ1v) is 5.45. The van der Waals surface area contributed by atoms with Gasteiger partial charge in [-0.25, -0.2) is 4.98 Å². The molecule has 0 aliphatic heterocycles. The molecule has 0 amide bonds. The SMILES string of the molecule is N[C@H](Cn1cncn1)c1ccc(Cl)cc1Cl. The van der Waals surface area contributed by atoms with Crippen molar-refractivity contribution in [3.8, 4) is 0 Å². The van der Waals surface area contributed by atoms with E-state index in [9.17, 15) is 0 Å². The molecule has 1 heterocycles. The molecule has 0 unspecified atom stereocenters. The van der Waals surface area contributed by atoms with E-state index in [0.29, 0.717) is 16.6 Å². The molecule has 0 radical (unpaired) electrons. The molecule has 84 valence electrons. The first-order chi connectivity index (χ1) is 7.66. The zero-order valence-electron chi connectivity index (χ0n) is 8.35. The van der Waals surface area contributed by atoms with Crippen LogP contribution in [0.3, 0.4) is 0 Å². The van der Waals surface area contributed by atoms with Crippen molar-refractivity contribution >= 4 is 23.2 Å². The van der Waals surface area contributed by atoms with E-state index in [4.69, 9.17) is 28.9 Å². The zero-order valence-corrected chi connectivity index (χ0v) is 9.86. The normalized spacial score (nSPS) is 12.7. The van der Waals surface area contributed by atoms with Crippen LogP contribution in [0, 0.1) is 0 Å². The molecule has 1 atom stereocenters. The van der Waals surface area contributed by atoms with Crippen LogP contribution in [-0.2, 0) is 6.54 Å². The third-order valence-electron chi connectivity index (χ3n) is 2.21. The smallest absolute Gasteiger partial charge is 0.137 e. The molecule has 6 heteroatoms. The Morgan fingerprint density at radius 3 is 2.81 bits per heavy atom. The quantitative estimate of drug-likeness (QED) is 0.917. The first kappa shape index (κ1) is 11.4. The molecule has 16 heavy (non-hydrogen) atoms. The molecule has 1 aromatic heterocycles. The molecule has 0 saturated heterocycles. The van der Waals surface area contributed by atoms with E-state index < -0.39 is 0 Å². The van der Waals surface area contributed by atoms with Crippen LogP contribution in [0.25, 0.3) is 0 Å². The fourth-order valence-corrected chi connectivity index (χ4v) is 1.98. The summed E-state index contributed by atoms with van der Waals surface area (Å²) in [5.41, 5.74) is 6.87. The van der Waals surface area contributed by atoms with E-state index >= 15 is 0 Å². The highest BCUT2D eigenvalue weighted by atomic mass is 35.5. The summed E-state index contributed by atoms with van der Waals surface area (Å²) < 4.78 is 1.66. The lowest BCUT2D eigenvalue weighted by Gasteiger charge is -2.13. The van der Waals surface area contributed by atoms with Crippen LogP contribution in [0.2, 0.25) is 10.0 Å². The van der Waals surface area contributed by atoms with Crippen LogP contribution >= 0.6 is 23.2 Å². The number of hydrogen-bond donors (Lipinski definition) is 1. The highest BCUT2D eigenvalue weighted by Crippen LogP contribution is 2.25. The van der Waals surface area contributed by atoms with Crippen molar-refractivity contribution in [3.05, 3.63) is 46.5 Å². The maximum Gasteiger partial charge on any atom is 0.137 e. The Balaban J connectivity index is 2.17. The maximum absolute atomic E-state index is 6.05. The Morgan fingerprint density at radius 2 is 2.19 bits per heavy atom. The highest BCUT2D eigenvalue weighted by molar-refractivity contribution is 6.35. The minimum atomic E-state index is -0.230. The van der Waals surface area contributed by atoms with E-state index in [1.54, 1.807) is 23.1 Å². The summed E-state index contributed by atoms with van der Waals surface area (Å²) in [5.74, 6) is 0. The van der Waals surface area contributed by atoms with Crippen molar-refractivity contribution in [2.24, 2.45) is 5.73 Å². The van der Waals surface area contributed by atoms with Crippen LogP contribution in [0.15, 0.2) is 30.9 Å². The number of hydrogen-bond acceptors (Lipinski definition) is 3. The Morgan fingerprint density at radius 1 is 1.38 bits per heavy atom. The minimum absolute atomic E-state index is 0.230. The van der Waals surface area contributed by atoms with Gasteiger partial charge in [0.25, 0.3) is 0 Å². The molecule has 0 aliphatic carbocycles. The van der Waals surface area contributed by atoms with Gasteiger partial charge in [-0.1, -0.05) is 29.3 Å². The largest absolute Gasteiger partial charge is 0.322 e. The first-order valence-electron chi connectivity index (χ1n) is 4.70. The molecule has 0 aliphatic rings. The summed E-state index contributed by atoms with van der Waals surface area (Å²) in [6.07, 6.45) is 3.08. The van der Waals surface area contributed by atoms with Crippen molar-refractivity contribution in [2.75, 3.05) is 0 Å². The minimum Gasteiger partial charge on any atom is -0.322 e. The Labute approximate surface area is 103 Å². The molecule has 0 spiro atoms. The van der Waals surface area contributed by atoms with Gasteiger partial charge in [0.05, 0.1) is 12.6 Å². The third-order valence-corrected chi connectivity index (χ3v) is 2.77. The molecule has 2 N–H and O–H groups in total. The number of rotatable bonds is 3. The number of benzene rings is 1. The number of nitrogens with zero attached hydrogens (tertiary/aromatic N) is 3. The second-order valence-electron chi connectivity index (χ2n) is 3.39. The van der Waals surface area contributed by atoms with Gasteiger partial charge in [0, 0.05) is 10.0 Å². The lowest BCUT2D eigenvalue weighted by Crippen LogP contribution is -2.18. The van der Waals surface area contributed by atoms with Crippen LogP contribution in [-0.4, -0.2) is 14.8 Å². The molecule has 0 bridgehead atoms. The molecule has 2 rings (SSSR count). The molecule has 2 aromatic rings. The van der Waals surface area contributed by atoms with Crippen molar-refractivity contribution < 1.29 is 0 Å². The van der Waals surface area contributed by atoms with Crippen LogP contribution in [0.1, 0.15) is 11.6 Å². The summed E-state index contributed by atoms with van der Waals surface area (Å²) in [6, 6.07) is 5.04. The average Bonchev–Trinajstić information content (AvgIpc) is 2.70. The second-order valence-corrected chi connectivity index (χ2v) is 4.23. The van der Waals surface area contributed by atoms with Gasteiger partial charge in [0.15, 0.2) is 0 Å². The van der Waals surface area contributed by atoms with E-state index in [-0.39, 0.29) is 6.04 Å². The standard InChI is InChI=1S/C10H10Cl2N4/c11-7-1-2-8(9(12)3-7)10(13)4-16-6-14-5-15-16/h1-3,5-6,10H,4,13H2/t10-/m1/s1. The Bertz CT molecular complexity index is 470. The summed E-state index contributed by atoms with van der Waals surface area (Å²) in [6.45, 7) is 0.529. The third kappa shape index (κ3) is 2.52. The predicted octanol–water partition coefficient (Wildman–Crippen LogP) is 2.28. The summed E-state index contributed by atoms with van der Waals surface area (Å²) in [4.78, 5) is 3.85. The zero-order chi connectivity index (χ0) is 11.5. The van der Waals surface area contributed by atoms with Gasteiger partial charge in [-0.15, -0.1) is 0 Å². The fourth-order valence-electron chi connectivity index (χ4n) is 1.43. The van der Waals surface area contributed by atoms with Gasteiger partial charge in [-0.2, -0.15) is 5.10 Å². The van der Waals surface area contributed by atoms with Crippen molar-refractivity contribution in [2.45, 2.75) is 12.6 Å². The van der Waals surface area contributed by atoms with Crippen LogP contribution < -0.4 is 5.73 Å². The monoisotopic (exact) mass is 256 g/mol. The van der Waals surface area contributed by atoms with Gasteiger partial charge in [0.2, 0.25) is 0 Å². The van der Waals surface area contributed by atoms with Gasteiger partial charge >= 0.3 is 0 Å². The van der Waals surface area contributed by atoms with Gasteiger partial charge < -0.3 is 5.73 Å². The topological polar surface area (TPSA) is 56.7 Å². The molecular weight excluding hydrogens is 247 g/mol. The molecule has 0 fully saturated rings. The highest BCUT2D eigenvalue weighted by Gasteiger charge is 2.11. The van der Waals surface area contributed by atoms with Crippen molar-refractivity contribution in [1.82, 2.24) is 14.8 Å². The van der Waals surface area contributed by atoms with Gasteiger partial charge in [-0.05, 0) is 17.7 Å². The number of aromatic nitrogens is 3. The van der Waals surface area contributed by atoms with Gasteiger partial charge in [0.1, 0.15) is 12.7 Å². The number of halogens is 2. The lowest BCUT2D eigenvalue weighted by molar-refractivity contribution is 0.526.